The van der Waals surface area contributed by atoms with Crippen molar-refractivity contribution in [1.82, 2.24) is 4.90 Å². The van der Waals surface area contributed by atoms with Gasteiger partial charge in [-0.2, -0.15) is 0 Å². The summed E-state index contributed by atoms with van der Waals surface area (Å²) in [6.45, 7) is 7.25. The molecule has 0 atom stereocenters. The molecule has 0 aliphatic heterocycles. The first kappa shape index (κ1) is 14.9. The molecule has 0 spiro atoms. The second-order valence-electron chi connectivity index (χ2n) is 3.94. The maximum Gasteiger partial charge on any atom is 0.336 e. The van der Waals surface area contributed by atoms with Gasteiger partial charge in [0.25, 0.3) is 0 Å². The molecule has 0 saturated heterocycles. The number of nitrogens with two attached hydrogens (primary N) is 1. The number of carbonyl (C=O) groups is 1. The van der Waals surface area contributed by atoms with Crippen molar-refractivity contribution in [2.75, 3.05) is 31.1 Å². The first-order valence-electron chi connectivity index (χ1n) is 6.06. The molecular formula is C13H20N2O2S. The summed E-state index contributed by atoms with van der Waals surface area (Å²) in [5.74, 6) is -0.0427. The lowest BCUT2D eigenvalue weighted by molar-refractivity contribution is 0.0693. The molecule has 0 aliphatic carbocycles. The van der Waals surface area contributed by atoms with E-state index in [9.17, 15) is 4.79 Å². The molecule has 0 radical (unpaired) electrons. The predicted octanol–water partition coefficient (Wildman–Crippen LogP) is 2.40. The Morgan fingerprint density at radius 1 is 1.39 bits per heavy atom. The highest BCUT2D eigenvalue weighted by atomic mass is 32.2. The molecule has 0 aliphatic rings. The SMILES string of the molecule is CCN(CC)CCSc1ccc(N)cc1C(=O)O. The molecule has 1 rings (SSSR count). The molecule has 4 nitrogen and oxygen atoms in total. The van der Waals surface area contributed by atoms with Crippen molar-refractivity contribution in [2.24, 2.45) is 0 Å². The normalized spacial score (nSPS) is 10.8. The monoisotopic (exact) mass is 268 g/mol. The summed E-state index contributed by atoms with van der Waals surface area (Å²) in [7, 11) is 0. The van der Waals surface area contributed by atoms with Crippen molar-refractivity contribution in [3.05, 3.63) is 23.8 Å². The van der Waals surface area contributed by atoms with Crippen LogP contribution >= 0.6 is 11.8 Å². The molecule has 0 amide bonds. The van der Waals surface area contributed by atoms with Crippen molar-refractivity contribution in [2.45, 2.75) is 18.7 Å². The summed E-state index contributed by atoms with van der Waals surface area (Å²) in [4.78, 5) is 14.2. The summed E-state index contributed by atoms with van der Waals surface area (Å²) >= 11 is 1.57. The van der Waals surface area contributed by atoms with E-state index in [1.54, 1.807) is 23.9 Å². The van der Waals surface area contributed by atoms with E-state index in [0.717, 1.165) is 30.3 Å². The maximum atomic E-state index is 11.1. The number of anilines is 1. The number of carboxylic acid groups (broad SMARTS) is 1. The number of aromatic carboxylic acids is 1. The van der Waals surface area contributed by atoms with E-state index in [2.05, 4.69) is 18.7 Å². The Morgan fingerprint density at radius 3 is 2.61 bits per heavy atom. The minimum atomic E-state index is -0.923. The van der Waals surface area contributed by atoms with Crippen molar-refractivity contribution < 1.29 is 9.90 Å². The summed E-state index contributed by atoms with van der Waals surface area (Å²) < 4.78 is 0. The lowest BCUT2D eigenvalue weighted by atomic mass is 10.2. The third kappa shape index (κ3) is 4.23. The van der Waals surface area contributed by atoms with Gasteiger partial charge in [-0.05, 0) is 31.3 Å². The summed E-state index contributed by atoms with van der Waals surface area (Å²) in [6, 6.07) is 5.04. The minimum Gasteiger partial charge on any atom is -0.478 e. The summed E-state index contributed by atoms with van der Waals surface area (Å²) in [6.07, 6.45) is 0. The Hall–Kier alpha value is -1.20. The van der Waals surface area contributed by atoms with Gasteiger partial charge in [-0.15, -0.1) is 11.8 Å². The van der Waals surface area contributed by atoms with Gasteiger partial charge in [-0.3, -0.25) is 0 Å². The number of rotatable bonds is 7. The van der Waals surface area contributed by atoms with Gasteiger partial charge in [-0.25, -0.2) is 4.79 Å². The van der Waals surface area contributed by atoms with Crippen LogP contribution in [0.2, 0.25) is 0 Å². The zero-order chi connectivity index (χ0) is 13.5. The van der Waals surface area contributed by atoms with Crippen LogP contribution in [0.1, 0.15) is 24.2 Å². The molecule has 1 aromatic rings. The van der Waals surface area contributed by atoms with Crippen LogP contribution in [0.15, 0.2) is 23.1 Å². The largest absolute Gasteiger partial charge is 0.478 e. The molecule has 0 heterocycles. The predicted molar refractivity (Wildman–Crippen MR) is 76.3 cm³/mol. The summed E-state index contributed by atoms with van der Waals surface area (Å²) in [5, 5.41) is 9.11. The average molecular weight is 268 g/mol. The van der Waals surface area contributed by atoms with Crippen molar-refractivity contribution in [3.8, 4) is 0 Å². The third-order valence-electron chi connectivity index (χ3n) is 2.79. The van der Waals surface area contributed by atoms with Crippen LogP contribution < -0.4 is 5.73 Å². The number of nitrogen functional groups attached to an aromatic ring is 1. The van der Waals surface area contributed by atoms with Crippen LogP contribution in [0.3, 0.4) is 0 Å². The Labute approximate surface area is 112 Å². The van der Waals surface area contributed by atoms with Crippen LogP contribution in [0.5, 0.6) is 0 Å². The Bertz CT molecular complexity index is 406. The number of thioether (sulfide) groups is 1. The van der Waals surface area contributed by atoms with Crippen LogP contribution in [0, 0.1) is 0 Å². The highest BCUT2D eigenvalue weighted by molar-refractivity contribution is 7.99. The molecule has 3 N–H and O–H groups in total. The van der Waals surface area contributed by atoms with Gasteiger partial charge in [0.2, 0.25) is 0 Å². The van der Waals surface area contributed by atoms with E-state index < -0.39 is 5.97 Å². The van der Waals surface area contributed by atoms with E-state index in [0.29, 0.717) is 11.3 Å². The smallest absolute Gasteiger partial charge is 0.336 e. The number of benzene rings is 1. The van der Waals surface area contributed by atoms with E-state index in [1.807, 2.05) is 0 Å². The molecule has 100 valence electrons. The van der Waals surface area contributed by atoms with Crippen molar-refractivity contribution in [3.63, 3.8) is 0 Å². The van der Waals surface area contributed by atoms with Crippen molar-refractivity contribution >= 4 is 23.4 Å². The van der Waals surface area contributed by atoms with E-state index in [4.69, 9.17) is 10.8 Å². The fourth-order valence-corrected chi connectivity index (χ4v) is 2.70. The highest BCUT2D eigenvalue weighted by Crippen LogP contribution is 2.24. The first-order chi connectivity index (χ1) is 8.58. The molecule has 0 aromatic heterocycles. The topological polar surface area (TPSA) is 66.6 Å². The molecule has 1 aromatic carbocycles. The number of nitrogens with zero attached hydrogens (tertiary/aromatic N) is 1. The molecular weight excluding hydrogens is 248 g/mol. The van der Waals surface area contributed by atoms with Crippen LogP contribution in [0.4, 0.5) is 5.69 Å². The second kappa shape index (κ2) is 7.28. The third-order valence-corrected chi connectivity index (χ3v) is 3.85. The highest BCUT2D eigenvalue weighted by Gasteiger charge is 2.11. The first-order valence-corrected chi connectivity index (χ1v) is 7.05. The van der Waals surface area contributed by atoms with Gasteiger partial charge in [0, 0.05) is 22.9 Å². The van der Waals surface area contributed by atoms with E-state index >= 15 is 0 Å². The zero-order valence-electron chi connectivity index (χ0n) is 10.8. The summed E-state index contributed by atoms with van der Waals surface area (Å²) in [5.41, 5.74) is 6.38. The maximum absolute atomic E-state index is 11.1. The molecule has 0 saturated carbocycles. The van der Waals surface area contributed by atoms with Crippen LogP contribution in [-0.4, -0.2) is 41.4 Å². The minimum absolute atomic E-state index is 0.291. The van der Waals surface area contributed by atoms with Gasteiger partial charge in [-0.1, -0.05) is 13.8 Å². The lowest BCUT2D eigenvalue weighted by Gasteiger charge is -2.17. The number of carboxylic acids is 1. The molecule has 0 bridgehead atoms. The van der Waals surface area contributed by atoms with E-state index in [1.165, 1.54) is 6.07 Å². The second-order valence-corrected chi connectivity index (χ2v) is 5.07. The standard InChI is InChI=1S/C13H20N2O2S/c1-3-15(4-2)7-8-18-12-6-5-10(14)9-11(12)13(16)17/h5-6,9H,3-4,7-8,14H2,1-2H3,(H,16,17). The molecule has 18 heavy (non-hydrogen) atoms. The van der Waals surface area contributed by atoms with E-state index in [-0.39, 0.29) is 0 Å². The zero-order valence-corrected chi connectivity index (χ0v) is 11.7. The average Bonchev–Trinajstić information content (AvgIpc) is 2.36. The van der Waals surface area contributed by atoms with Crippen LogP contribution in [0.25, 0.3) is 0 Å². The Morgan fingerprint density at radius 2 is 2.06 bits per heavy atom. The fourth-order valence-electron chi connectivity index (χ4n) is 1.67. The van der Waals surface area contributed by atoms with Gasteiger partial charge < -0.3 is 15.7 Å². The van der Waals surface area contributed by atoms with Gasteiger partial charge in [0.15, 0.2) is 0 Å². The lowest BCUT2D eigenvalue weighted by Crippen LogP contribution is -2.25. The quantitative estimate of drug-likeness (QED) is 0.587. The van der Waals surface area contributed by atoms with Gasteiger partial charge in [0.05, 0.1) is 5.56 Å². The van der Waals surface area contributed by atoms with Crippen molar-refractivity contribution in [1.29, 1.82) is 0 Å². The fraction of sp³-hybridized carbons (Fsp3) is 0.462. The molecule has 0 unspecified atom stereocenters. The van der Waals surface area contributed by atoms with Gasteiger partial charge in [0.1, 0.15) is 0 Å². The van der Waals surface area contributed by atoms with Gasteiger partial charge >= 0.3 is 5.97 Å². The Kier molecular flexibility index (Phi) is 6.01. The molecule has 0 fully saturated rings. The number of hydrogen-bond acceptors (Lipinski definition) is 4. The molecule has 5 heteroatoms. The number of hydrogen-bond donors (Lipinski definition) is 2. The Balaban J connectivity index is 2.64. The van der Waals surface area contributed by atoms with Crippen LogP contribution in [-0.2, 0) is 0 Å².